The first kappa shape index (κ1) is 11.0. The van der Waals surface area contributed by atoms with E-state index in [1.807, 2.05) is 6.92 Å². The summed E-state index contributed by atoms with van der Waals surface area (Å²) < 4.78 is 5.53. The van der Waals surface area contributed by atoms with E-state index >= 15 is 0 Å². The highest BCUT2D eigenvalue weighted by Crippen LogP contribution is 2.12. The van der Waals surface area contributed by atoms with Gasteiger partial charge in [0.2, 0.25) is 0 Å². The summed E-state index contributed by atoms with van der Waals surface area (Å²) in [5, 5.41) is 9.10. The number of likely N-dealkylation sites (N-methyl/N-ethyl adjacent to an activating group) is 1. The minimum atomic E-state index is -0.188. The maximum atomic E-state index is 9.10. The van der Waals surface area contributed by atoms with Crippen LogP contribution in [0.3, 0.4) is 0 Å². The van der Waals surface area contributed by atoms with Gasteiger partial charge in [0.05, 0.1) is 12.2 Å². The summed E-state index contributed by atoms with van der Waals surface area (Å²) in [7, 11) is 2.09. The third kappa shape index (κ3) is 4.60. The SMILES string of the molecule is CC(O)CCN(C)CC1CCCO1. The highest BCUT2D eigenvalue weighted by atomic mass is 16.5. The molecule has 2 atom stereocenters. The second-order valence-corrected chi connectivity index (χ2v) is 4.03. The maximum absolute atomic E-state index is 9.10. The molecule has 13 heavy (non-hydrogen) atoms. The van der Waals surface area contributed by atoms with Gasteiger partial charge < -0.3 is 14.7 Å². The van der Waals surface area contributed by atoms with Gasteiger partial charge in [0.1, 0.15) is 0 Å². The summed E-state index contributed by atoms with van der Waals surface area (Å²) in [6.45, 7) is 4.72. The zero-order chi connectivity index (χ0) is 9.68. The summed E-state index contributed by atoms with van der Waals surface area (Å²) in [6, 6.07) is 0. The molecule has 1 N–H and O–H groups in total. The summed E-state index contributed by atoms with van der Waals surface area (Å²) in [6.07, 6.45) is 3.49. The first-order chi connectivity index (χ1) is 6.18. The van der Waals surface area contributed by atoms with E-state index in [9.17, 15) is 0 Å². The van der Waals surface area contributed by atoms with Gasteiger partial charge in [-0.25, -0.2) is 0 Å². The van der Waals surface area contributed by atoms with Crippen molar-refractivity contribution in [1.82, 2.24) is 4.90 Å². The van der Waals surface area contributed by atoms with Crippen molar-refractivity contribution in [2.45, 2.75) is 38.4 Å². The van der Waals surface area contributed by atoms with Crippen LogP contribution >= 0.6 is 0 Å². The molecule has 0 radical (unpaired) electrons. The Hall–Kier alpha value is -0.120. The molecule has 78 valence electrons. The molecule has 0 aliphatic carbocycles. The van der Waals surface area contributed by atoms with Crippen LogP contribution in [0.5, 0.6) is 0 Å². The molecule has 3 heteroatoms. The molecule has 1 rings (SSSR count). The van der Waals surface area contributed by atoms with Crippen molar-refractivity contribution in [3.05, 3.63) is 0 Å². The molecule has 0 aromatic carbocycles. The predicted octanol–water partition coefficient (Wildman–Crippen LogP) is 0.868. The standard InChI is InChI=1S/C10H21NO2/c1-9(12)5-6-11(2)8-10-4-3-7-13-10/h9-10,12H,3-8H2,1-2H3. The Balaban J connectivity index is 2.05. The van der Waals surface area contributed by atoms with Crippen LogP contribution in [0, 0.1) is 0 Å². The number of nitrogens with zero attached hydrogens (tertiary/aromatic N) is 1. The first-order valence-corrected chi connectivity index (χ1v) is 5.16. The van der Waals surface area contributed by atoms with Crippen molar-refractivity contribution >= 4 is 0 Å². The fourth-order valence-corrected chi connectivity index (χ4v) is 1.63. The zero-order valence-electron chi connectivity index (χ0n) is 8.70. The molecule has 1 heterocycles. The number of aliphatic hydroxyl groups is 1. The van der Waals surface area contributed by atoms with E-state index in [2.05, 4.69) is 11.9 Å². The lowest BCUT2D eigenvalue weighted by Crippen LogP contribution is -2.30. The van der Waals surface area contributed by atoms with E-state index < -0.39 is 0 Å². The van der Waals surface area contributed by atoms with Gasteiger partial charge in [-0.3, -0.25) is 0 Å². The fraction of sp³-hybridized carbons (Fsp3) is 1.00. The van der Waals surface area contributed by atoms with Gasteiger partial charge in [-0.1, -0.05) is 0 Å². The van der Waals surface area contributed by atoms with Crippen LogP contribution < -0.4 is 0 Å². The van der Waals surface area contributed by atoms with Crippen LogP contribution in [0.15, 0.2) is 0 Å². The van der Waals surface area contributed by atoms with Gasteiger partial charge in [-0.15, -0.1) is 0 Å². The Morgan fingerprint density at radius 1 is 1.62 bits per heavy atom. The van der Waals surface area contributed by atoms with Gasteiger partial charge in [0.15, 0.2) is 0 Å². The normalized spacial score (nSPS) is 25.4. The van der Waals surface area contributed by atoms with Crippen LogP contribution in [0.1, 0.15) is 26.2 Å². The van der Waals surface area contributed by atoms with Crippen molar-refractivity contribution in [3.8, 4) is 0 Å². The van der Waals surface area contributed by atoms with Crippen LogP contribution in [-0.4, -0.2) is 49.0 Å². The largest absolute Gasteiger partial charge is 0.393 e. The second-order valence-electron chi connectivity index (χ2n) is 4.03. The van der Waals surface area contributed by atoms with Gasteiger partial charge in [0.25, 0.3) is 0 Å². The van der Waals surface area contributed by atoms with E-state index in [0.717, 1.165) is 26.1 Å². The Bertz CT molecular complexity index is 133. The number of ether oxygens (including phenoxy) is 1. The number of rotatable bonds is 5. The van der Waals surface area contributed by atoms with Gasteiger partial charge in [-0.2, -0.15) is 0 Å². The van der Waals surface area contributed by atoms with E-state index in [4.69, 9.17) is 9.84 Å². The predicted molar refractivity (Wildman–Crippen MR) is 52.8 cm³/mol. The minimum Gasteiger partial charge on any atom is -0.393 e. The molecule has 1 aliphatic rings. The Morgan fingerprint density at radius 3 is 2.92 bits per heavy atom. The molecular weight excluding hydrogens is 166 g/mol. The van der Waals surface area contributed by atoms with Crippen LogP contribution in [0.4, 0.5) is 0 Å². The molecule has 0 spiro atoms. The van der Waals surface area contributed by atoms with Crippen molar-refractivity contribution in [3.63, 3.8) is 0 Å². The first-order valence-electron chi connectivity index (χ1n) is 5.16. The molecule has 0 aromatic rings. The van der Waals surface area contributed by atoms with Crippen molar-refractivity contribution in [1.29, 1.82) is 0 Å². The summed E-state index contributed by atoms with van der Waals surface area (Å²) in [4.78, 5) is 2.24. The molecule has 0 aromatic heterocycles. The van der Waals surface area contributed by atoms with Crippen molar-refractivity contribution in [2.75, 3.05) is 26.7 Å². The third-order valence-corrected chi connectivity index (χ3v) is 2.47. The summed E-state index contributed by atoms with van der Waals surface area (Å²) in [5.74, 6) is 0. The molecule has 0 bridgehead atoms. The lowest BCUT2D eigenvalue weighted by atomic mass is 10.2. The van der Waals surface area contributed by atoms with E-state index in [1.165, 1.54) is 12.8 Å². The van der Waals surface area contributed by atoms with Gasteiger partial charge >= 0.3 is 0 Å². The molecule has 3 nitrogen and oxygen atoms in total. The second kappa shape index (κ2) is 5.58. The number of aliphatic hydroxyl groups excluding tert-OH is 1. The maximum Gasteiger partial charge on any atom is 0.0702 e. The molecular formula is C10H21NO2. The highest BCUT2D eigenvalue weighted by molar-refractivity contribution is 4.68. The monoisotopic (exact) mass is 187 g/mol. The molecule has 0 saturated carbocycles. The third-order valence-electron chi connectivity index (χ3n) is 2.47. The minimum absolute atomic E-state index is 0.188. The lowest BCUT2D eigenvalue weighted by Gasteiger charge is -2.20. The van der Waals surface area contributed by atoms with Crippen LogP contribution in [0.2, 0.25) is 0 Å². The van der Waals surface area contributed by atoms with Crippen LogP contribution in [-0.2, 0) is 4.74 Å². The van der Waals surface area contributed by atoms with E-state index in [-0.39, 0.29) is 6.10 Å². The van der Waals surface area contributed by atoms with Gasteiger partial charge in [-0.05, 0) is 33.2 Å². The summed E-state index contributed by atoms with van der Waals surface area (Å²) in [5.41, 5.74) is 0. The molecule has 0 amide bonds. The smallest absolute Gasteiger partial charge is 0.0702 e. The Labute approximate surface area is 80.7 Å². The molecule has 1 fully saturated rings. The average molecular weight is 187 g/mol. The Kier molecular flexibility index (Phi) is 4.70. The molecule has 2 unspecified atom stereocenters. The zero-order valence-corrected chi connectivity index (χ0v) is 8.70. The van der Waals surface area contributed by atoms with E-state index in [1.54, 1.807) is 0 Å². The molecule has 1 saturated heterocycles. The fourth-order valence-electron chi connectivity index (χ4n) is 1.63. The van der Waals surface area contributed by atoms with Crippen LogP contribution in [0.25, 0.3) is 0 Å². The lowest BCUT2D eigenvalue weighted by molar-refractivity contribution is 0.0755. The summed E-state index contributed by atoms with van der Waals surface area (Å²) >= 11 is 0. The van der Waals surface area contributed by atoms with Crippen molar-refractivity contribution in [2.24, 2.45) is 0 Å². The van der Waals surface area contributed by atoms with Gasteiger partial charge in [0, 0.05) is 19.7 Å². The van der Waals surface area contributed by atoms with Crippen molar-refractivity contribution < 1.29 is 9.84 Å². The average Bonchev–Trinajstić information content (AvgIpc) is 2.53. The number of hydrogen-bond donors (Lipinski definition) is 1. The number of hydrogen-bond acceptors (Lipinski definition) is 3. The highest BCUT2D eigenvalue weighted by Gasteiger charge is 2.17. The van der Waals surface area contributed by atoms with E-state index in [0.29, 0.717) is 6.10 Å². The Morgan fingerprint density at radius 2 is 2.38 bits per heavy atom. The molecule has 1 aliphatic heterocycles. The quantitative estimate of drug-likeness (QED) is 0.693. The topological polar surface area (TPSA) is 32.7 Å².